The van der Waals surface area contributed by atoms with Crippen molar-refractivity contribution in [1.82, 2.24) is 5.32 Å². The zero-order valence-electron chi connectivity index (χ0n) is 16.0. The summed E-state index contributed by atoms with van der Waals surface area (Å²) in [6, 6.07) is 5.97. The van der Waals surface area contributed by atoms with Crippen molar-refractivity contribution < 1.29 is 14.3 Å². The number of carbonyl (C=O) groups excluding carboxylic acids is 2. The van der Waals surface area contributed by atoms with Crippen LogP contribution in [0.4, 0.5) is 5.69 Å². The van der Waals surface area contributed by atoms with E-state index in [0.717, 1.165) is 23.2 Å². The molecule has 1 saturated heterocycles. The number of nitrogens with zero attached hydrogens (tertiary/aromatic N) is 1. The lowest BCUT2D eigenvalue weighted by Gasteiger charge is -2.35. The first-order chi connectivity index (χ1) is 11.8. The first-order valence-electron chi connectivity index (χ1n) is 9.06. The molecule has 25 heavy (non-hydrogen) atoms. The molecule has 1 fully saturated rings. The van der Waals surface area contributed by atoms with Crippen LogP contribution >= 0.6 is 0 Å². The first-order valence-corrected chi connectivity index (χ1v) is 9.06. The highest BCUT2D eigenvalue weighted by molar-refractivity contribution is 6.06. The average molecular weight is 346 g/mol. The van der Waals surface area contributed by atoms with E-state index in [1.54, 1.807) is 4.90 Å². The van der Waals surface area contributed by atoms with E-state index in [-0.39, 0.29) is 17.9 Å². The van der Waals surface area contributed by atoms with Crippen LogP contribution in [0.2, 0.25) is 0 Å². The smallest absolute Gasteiger partial charge is 0.246 e. The lowest BCUT2D eigenvalue weighted by atomic mass is 9.96. The maximum absolute atomic E-state index is 12.8. The predicted octanol–water partition coefficient (Wildman–Crippen LogP) is 3.12. The van der Waals surface area contributed by atoms with Gasteiger partial charge >= 0.3 is 0 Å². The Morgan fingerprint density at radius 2 is 2.08 bits per heavy atom. The van der Waals surface area contributed by atoms with Crippen LogP contribution in [0.3, 0.4) is 0 Å². The summed E-state index contributed by atoms with van der Waals surface area (Å²) in [4.78, 5) is 27.0. The minimum atomic E-state index is -0.837. The highest BCUT2D eigenvalue weighted by Gasteiger charge is 2.48. The molecule has 1 N–H and O–H groups in total. The zero-order valence-corrected chi connectivity index (χ0v) is 16.0. The molecule has 0 bridgehead atoms. The largest absolute Gasteiger partial charge is 0.379 e. The van der Waals surface area contributed by atoms with E-state index >= 15 is 0 Å². The Hall–Kier alpha value is -1.88. The maximum Gasteiger partial charge on any atom is 0.246 e. The predicted molar refractivity (Wildman–Crippen MR) is 99.8 cm³/mol. The Balaban J connectivity index is 2.08. The SMILES string of the molecule is Cc1ccc(N2C(=O)CCC2(C)C(=O)NCCCOC(C)C)c(C)c1. The van der Waals surface area contributed by atoms with E-state index in [4.69, 9.17) is 4.74 Å². The van der Waals surface area contributed by atoms with Gasteiger partial charge in [0, 0.05) is 25.3 Å². The Kier molecular flexibility index (Phi) is 6.22. The summed E-state index contributed by atoms with van der Waals surface area (Å²) in [6.07, 6.45) is 1.89. The third-order valence-corrected chi connectivity index (χ3v) is 4.71. The minimum Gasteiger partial charge on any atom is -0.379 e. The lowest BCUT2D eigenvalue weighted by molar-refractivity contribution is -0.127. The molecule has 1 atom stereocenters. The fraction of sp³-hybridized carbons (Fsp3) is 0.600. The zero-order chi connectivity index (χ0) is 18.6. The van der Waals surface area contributed by atoms with E-state index in [1.807, 2.05) is 52.8 Å². The monoisotopic (exact) mass is 346 g/mol. The number of anilines is 1. The van der Waals surface area contributed by atoms with Crippen LogP contribution in [0, 0.1) is 13.8 Å². The van der Waals surface area contributed by atoms with Gasteiger partial charge in [-0.15, -0.1) is 0 Å². The molecule has 0 aromatic heterocycles. The summed E-state index contributed by atoms with van der Waals surface area (Å²) in [5.74, 6) is -0.0874. The van der Waals surface area contributed by atoms with E-state index in [1.165, 1.54) is 0 Å². The molecule has 1 unspecified atom stereocenters. The van der Waals surface area contributed by atoms with Gasteiger partial charge in [-0.25, -0.2) is 0 Å². The molecule has 1 heterocycles. The van der Waals surface area contributed by atoms with E-state index in [9.17, 15) is 9.59 Å². The quantitative estimate of drug-likeness (QED) is 0.772. The van der Waals surface area contributed by atoms with Crippen LogP contribution in [-0.4, -0.2) is 36.6 Å². The molecule has 0 spiro atoms. The Bertz CT molecular complexity index is 642. The normalized spacial score (nSPS) is 20.4. The summed E-state index contributed by atoms with van der Waals surface area (Å²) in [7, 11) is 0. The van der Waals surface area contributed by atoms with Crippen LogP contribution < -0.4 is 10.2 Å². The van der Waals surface area contributed by atoms with Gasteiger partial charge in [0.1, 0.15) is 5.54 Å². The number of carbonyl (C=O) groups is 2. The molecule has 0 saturated carbocycles. The van der Waals surface area contributed by atoms with Crippen LogP contribution in [0.1, 0.15) is 51.2 Å². The second kappa shape index (κ2) is 8.00. The second-order valence-electron chi connectivity index (χ2n) is 7.32. The Labute approximate surface area is 150 Å². The van der Waals surface area contributed by atoms with Crippen LogP contribution in [-0.2, 0) is 14.3 Å². The van der Waals surface area contributed by atoms with Crippen molar-refractivity contribution >= 4 is 17.5 Å². The lowest BCUT2D eigenvalue weighted by Crippen LogP contribution is -2.55. The fourth-order valence-electron chi connectivity index (χ4n) is 3.30. The number of hydrogen-bond donors (Lipinski definition) is 1. The van der Waals surface area contributed by atoms with Crippen molar-refractivity contribution in [2.75, 3.05) is 18.1 Å². The van der Waals surface area contributed by atoms with Crippen LogP contribution in [0.15, 0.2) is 18.2 Å². The number of hydrogen-bond acceptors (Lipinski definition) is 3. The third-order valence-electron chi connectivity index (χ3n) is 4.71. The Morgan fingerprint density at radius 1 is 1.36 bits per heavy atom. The van der Waals surface area contributed by atoms with Crippen molar-refractivity contribution in [2.45, 2.75) is 65.5 Å². The molecule has 5 heteroatoms. The summed E-state index contributed by atoms with van der Waals surface area (Å²) in [6.45, 7) is 11.0. The molecule has 0 radical (unpaired) electrons. The van der Waals surface area contributed by atoms with Gasteiger partial charge in [-0.2, -0.15) is 0 Å². The number of rotatable bonds is 7. The van der Waals surface area contributed by atoms with Gasteiger partial charge in [0.25, 0.3) is 0 Å². The van der Waals surface area contributed by atoms with Crippen molar-refractivity contribution in [3.63, 3.8) is 0 Å². The number of amides is 2. The maximum atomic E-state index is 12.8. The van der Waals surface area contributed by atoms with Gasteiger partial charge in [-0.05, 0) is 59.1 Å². The summed E-state index contributed by atoms with van der Waals surface area (Å²) in [5, 5.41) is 2.98. The minimum absolute atomic E-state index is 0.00717. The molecule has 138 valence electrons. The molecular formula is C20H30N2O3. The van der Waals surface area contributed by atoms with E-state index in [2.05, 4.69) is 5.32 Å². The summed E-state index contributed by atoms with van der Waals surface area (Å²) in [5.41, 5.74) is 2.15. The topological polar surface area (TPSA) is 58.6 Å². The van der Waals surface area contributed by atoms with Gasteiger partial charge in [0.15, 0.2) is 0 Å². The van der Waals surface area contributed by atoms with Gasteiger partial charge in [-0.1, -0.05) is 17.7 Å². The molecule has 2 amide bonds. The first kappa shape index (κ1) is 19.4. The number of nitrogens with one attached hydrogen (secondary N) is 1. The number of benzene rings is 1. The van der Waals surface area contributed by atoms with Crippen LogP contribution in [0.25, 0.3) is 0 Å². The molecule has 1 aromatic rings. The van der Waals surface area contributed by atoms with E-state index < -0.39 is 5.54 Å². The summed E-state index contributed by atoms with van der Waals surface area (Å²) < 4.78 is 5.49. The molecule has 0 aliphatic carbocycles. The van der Waals surface area contributed by atoms with Crippen molar-refractivity contribution in [3.8, 4) is 0 Å². The molecule has 2 rings (SSSR count). The second-order valence-corrected chi connectivity index (χ2v) is 7.32. The van der Waals surface area contributed by atoms with Gasteiger partial charge < -0.3 is 10.1 Å². The van der Waals surface area contributed by atoms with E-state index in [0.29, 0.717) is 26.0 Å². The number of aryl methyl sites for hydroxylation is 2. The highest BCUT2D eigenvalue weighted by Crippen LogP contribution is 2.37. The van der Waals surface area contributed by atoms with Gasteiger partial charge in [0.2, 0.25) is 11.8 Å². The molecular weight excluding hydrogens is 316 g/mol. The van der Waals surface area contributed by atoms with Crippen molar-refractivity contribution in [2.24, 2.45) is 0 Å². The highest BCUT2D eigenvalue weighted by atomic mass is 16.5. The van der Waals surface area contributed by atoms with Gasteiger partial charge in [0.05, 0.1) is 6.10 Å². The third kappa shape index (κ3) is 4.40. The fourth-order valence-corrected chi connectivity index (χ4v) is 3.30. The molecule has 1 aliphatic heterocycles. The Morgan fingerprint density at radius 3 is 2.72 bits per heavy atom. The standard InChI is InChI=1S/C20H30N2O3/c1-14(2)25-12-6-11-21-19(24)20(5)10-9-18(23)22(20)17-8-7-15(3)13-16(17)4/h7-8,13-14H,6,9-12H2,1-5H3,(H,21,24). The van der Waals surface area contributed by atoms with Crippen LogP contribution in [0.5, 0.6) is 0 Å². The van der Waals surface area contributed by atoms with Gasteiger partial charge in [-0.3, -0.25) is 14.5 Å². The summed E-state index contributed by atoms with van der Waals surface area (Å²) >= 11 is 0. The number of ether oxygens (including phenoxy) is 1. The molecule has 1 aromatic carbocycles. The van der Waals surface area contributed by atoms with Crippen molar-refractivity contribution in [3.05, 3.63) is 29.3 Å². The van der Waals surface area contributed by atoms with Crippen molar-refractivity contribution in [1.29, 1.82) is 0 Å². The molecule has 5 nitrogen and oxygen atoms in total. The molecule has 1 aliphatic rings. The average Bonchev–Trinajstić information content (AvgIpc) is 2.83.